The van der Waals surface area contributed by atoms with Gasteiger partial charge < -0.3 is 0 Å². The molecule has 1 aromatic heterocycles. The average molecular weight is 144 g/mol. The summed E-state index contributed by atoms with van der Waals surface area (Å²) < 4.78 is 0. The third kappa shape index (κ3) is 1.20. The predicted octanol–water partition coefficient (Wildman–Crippen LogP) is 1.53. The first kappa shape index (κ1) is 6.10. The van der Waals surface area contributed by atoms with Gasteiger partial charge in [-0.15, -0.1) is 4.91 Å². The SMILES string of the molecule is O=Nc1cncnc1Cl. The lowest BCUT2D eigenvalue weighted by atomic mass is 10.6. The summed E-state index contributed by atoms with van der Waals surface area (Å²) in [6.07, 6.45) is 2.50. The Balaban J connectivity index is 3.15. The van der Waals surface area contributed by atoms with E-state index in [1.165, 1.54) is 12.5 Å². The Bertz CT molecular complexity index is 227. The summed E-state index contributed by atoms with van der Waals surface area (Å²) in [4.78, 5) is 16.9. The molecule has 1 heterocycles. The van der Waals surface area contributed by atoms with Gasteiger partial charge in [0, 0.05) is 0 Å². The molecule has 0 aromatic carbocycles. The zero-order valence-corrected chi connectivity index (χ0v) is 5.04. The van der Waals surface area contributed by atoms with Gasteiger partial charge in [0.15, 0.2) is 10.8 Å². The van der Waals surface area contributed by atoms with Crippen LogP contribution in [0.1, 0.15) is 0 Å². The second kappa shape index (κ2) is 2.50. The first-order valence-electron chi connectivity index (χ1n) is 2.13. The Morgan fingerprint density at radius 3 is 2.89 bits per heavy atom. The van der Waals surface area contributed by atoms with E-state index in [0.717, 1.165) is 0 Å². The van der Waals surface area contributed by atoms with Crippen LogP contribution in [-0.2, 0) is 0 Å². The first-order valence-corrected chi connectivity index (χ1v) is 2.51. The predicted molar refractivity (Wildman–Crippen MR) is 32.5 cm³/mol. The van der Waals surface area contributed by atoms with Crippen LogP contribution >= 0.6 is 11.6 Å². The van der Waals surface area contributed by atoms with Crippen molar-refractivity contribution >= 4 is 17.3 Å². The molecule has 0 atom stereocenters. The maximum absolute atomic E-state index is 9.81. The van der Waals surface area contributed by atoms with Crippen LogP contribution in [0.2, 0.25) is 5.15 Å². The molecule has 1 rings (SSSR count). The fraction of sp³-hybridized carbons (Fsp3) is 0. The molecule has 0 amide bonds. The van der Waals surface area contributed by atoms with Crippen molar-refractivity contribution in [3.63, 3.8) is 0 Å². The molecule has 0 N–H and O–H groups in total. The minimum atomic E-state index is 0.0687. The zero-order valence-electron chi connectivity index (χ0n) is 4.28. The van der Waals surface area contributed by atoms with Gasteiger partial charge in [-0.25, -0.2) is 9.97 Å². The monoisotopic (exact) mass is 143 g/mol. The van der Waals surface area contributed by atoms with Gasteiger partial charge in [-0.1, -0.05) is 11.6 Å². The minimum absolute atomic E-state index is 0.0687. The zero-order chi connectivity index (χ0) is 6.69. The van der Waals surface area contributed by atoms with Crippen LogP contribution in [0.3, 0.4) is 0 Å². The smallest absolute Gasteiger partial charge is 0.163 e. The average Bonchev–Trinajstić information content (AvgIpc) is 1.89. The van der Waals surface area contributed by atoms with Crippen molar-refractivity contribution in [3.05, 3.63) is 22.6 Å². The van der Waals surface area contributed by atoms with Crippen LogP contribution < -0.4 is 0 Å². The van der Waals surface area contributed by atoms with Crippen LogP contribution in [0.25, 0.3) is 0 Å². The highest BCUT2D eigenvalue weighted by Crippen LogP contribution is 2.18. The molecule has 0 fully saturated rings. The van der Waals surface area contributed by atoms with E-state index >= 15 is 0 Å². The molecule has 0 aliphatic heterocycles. The second-order valence-electron chi connectivity index (χ2n) is 1.29. The molecule has 0 radical (unpaired) electrons. The highest BCUT2D eigenvalue weighted by Gasteiger charge is 1.97. The van der Waals surface area contributed by atoms with Crippen molar-refractivity contribution in [3.8, 4) is 0 Å². The maximum atomic E-state index is 9.81. The Morgan fingerprint density at radius 1 is 1.67 bits per heavy atom. The molecule has 0 aliphatic rings. The molecule has 0 bridgehead atoms. The van der Waals surface area contributed by atoms with Gasteiger partial charge in [0.1, 0.15) is 6.33 Å². The van der Waals surface area contributed by atoms with Gasteiger partial charge in [0.25, 0.3) is 0 Å². The van der Waals surface area contributed by atoms with E-state index in [1.54, 1.807) is 0 Å². The molecule has 9 heavy (non-hydrogen) atoms. The summed E-state index contributed by atoms with van der Waals surface area (Å²) in [6.45, 7) is 0. The fourth-order valence-electron chi connectivity index (χ4n) is 0.369. The molecule has 5 heteroatoms. The summed E-state index contributed by atoms with van der Waals surface area (Å²) in [7, 11) is 0. The molecule has 46 valence electrons. The van der Waals surface area contributed by atoms with E-state index in [1.807, 2.05) is 0 Å². The van der Waals surface area contributed by atoms with Gasteiger partial charge in [-0.2, -0.15) is 0 Å². The van der Waals surface area contributed by atoms with E-state index in [2.05, 4.69) is 15.1 Å². The summed E-state index contributed by atoms with van der Waals surface area (Å²) in [5, 5.41) is 2.65. The Labute approximate surface area is 55.9 Å². The van der Waals surface area contributed by atoms with Gasteiger partial charge in [-0.3, -0.25) is 0 Å². The molecule has 1 aromatic rings. The first-order chi connectivity index (χ1) is 4.34. The molecule has 0 saturated heterocycles. The van der Waals surface area contributed by atoms with Crippen LogP contribution in [0.4, 0.5) is 5.69 Å². The molecule has 0 saturated carbocycles. The Hall–Kier alpha value is -1.03. The Morgan fingerprint density at radius 2 is 2.44 bits per heavy atom. The standard InChI is InChI=1S/C4H2ClN3O/c5-4-3(8-9)1-6-2-7-4/h1-2H. The maximum Gasteiger partial charge on any atom is 0.163 e. The lowest BCUT2D eigenvalue weighted by Gasteiger charge is -1.86. The van der Waals surface area contributed by atoms with Gasteiger partial charge >= 0.3 is 0 Å². The molecule has 0 aliphatic carbocycles. The topological polar surface area (TPSA) is 55.2 Å². The summed E-state index contributed by atoms with van der Waals surface area (Å²) in [5.74, 6) is 0. The van der Waals surface area contributed by atoms with Crippen molar-refractivity contribution in [1.29, 1.82) is 0 Å². The van der Waals surface area contributed by atoms with E-state index in [9.17, 15) is 4.91 Å². The number of nitrogens with zero attached hydrogens (tertiary/aromatic N) is 3. The summed E-state index contributed by atoms with van der Waals surface area (Å²) in [6, 6.07) is 0. The highest BCUT2D eigenvalue weighted by molar-refractivity contribution is 6.31. The highest BCUT2D eigenvalue weighted by atomic mass is 35.5. The second-order valence-corrected chi connectivity index (χ2v) is 1.65. The van der Waals surface area contributed by atoms with Crippen molar-refractivity contribution < 1.29 is 0 Å². The van der Waals surface area contributed by atoms with Crippen LogP contribution in [-0.4, -0.2) is 9.97 Å². The summed E-state index contributed by atoms with van der Waals surface area (Å²) >= 11 is 5.38. The van der Waals surface area contributed by atoms with Crippen molar-refractivity contribution in [2.45, 2.75) is 0 Å². The van der Waals surface area contributed by atoms with E-state index in [0.29, 0.717) is 0 Å². The Kier molecular flexibility index (Phi) is 1.69. The normalized spacial score (nSPS) is 9.00. The van der Waals surface area contributed by atoms with Gasteiger partial charge in [0.05, 0.1) is 6.20 Å². The van der Waals surface area contributed by atoms with Gasteiger partial charge in [-0.05, 0) is 5.18 Å². The van der Waals surface area contributed by atoms with Crippen molar-refractivity contribution in [2.24, 2.45) is 5.18 Å². The van der Waals surface area contributed by atoms with Crippen LogP contribution in [0.15, 0.2) is 17.7 Å². The lowest BCUT2D eigenvalue weighted by Crippen LogP contribution is -1.75. The molecular formula is C4H2ClN3O. The number of aromatic nitrogens is 2. The van der Waals surface area contributed by atoms with E-state index < -0.39 is 0 Å². The molecule has 0 spiro atoms. The molecule has 4 nitrogen and oxygen atoms in total. The van der Waals surface area contributed by atoms with Crippen LogP contribution in [0, 0.1) is 4.91 Å². The van der Waals surface area contributed by atoms with E-state index in [4.69, 9.17) is 11.6 Å². The van der Waals surface area contributed by atoms with Crippen LogP contribution in [0.5, 0.6) is 0 Å². The number of hydrogen-bond acceptors (Lipinski definition) is 4. The number of nitroso groups, excluding NO2 is 1. The molecule has 0 unspecified atom stereocenters. The van der Waals surface area contributed by atoms with Gasteiger partial charge in [0.2, 0.25) is 0 Å². The lowest BCUT2D eigenvalue weighted by molar-refractivity contribution is 1.16. The third-order valence-electron chi connectivity index (χ3n) is 0.744. The van der Waals surface area contributed by atoms with Crippen molar-refractivity contribution in [2.75, 3.05) is 0 Å². The number of hydrogen-bond donors (Lipinski definition) is 0. The quantitative estimate of drug-likeness (QED) is 0.443. The minimum Gasteiger partial charge on any atom is -0.242 e. The van der Waals surface area contributed by atoms with Crippen molar-refractivity contribution in [1.82, 2.24) is 9.97 Å². The van der Waals surface area contributed by atoms with E-state index in [-0.39, 0.29) is 10.8 Å². The number of rotatable bonds is 1. The number of halogens is 1. The summed E-state index contributed by atoms with van der Waals surface area (Å²) in [5.41, 5.74) is 0.0687. The fourth-order valence-corrected chi connectivity index (χ4v) is 0.496. The molecular weight excluding hydrogens is 142 g/mol. The largest absolute Gasteiger partial charge is 0.242 e. The third-order valence-corrected chi connectivity index (χ3v) is 1.04.